The van der Waals surface area contributed by atoms with Gasteiger partial charge in [0, 0.05) is 39.0 Å². The Hall–Kier alpha value is -9.00. The third-order valence-electron chi connectivity index (χ3n) is 14.0. The molecule has 1 aliphatic carbocycles. The Morgan fingerprint density at radius 2 is 0.652 bits per heavy atom. The minimum atomic E-state index is -0.182. The molecule has 0 saturated carbocycles. The highest BCUT2D eigenvalue weighted by Crippen LogP contribution is 2.53. The number of aromatic nitrogens is 6. The molecular weight excluding hydrogens is 841 g/mol. The van der Waals surface area contributed by atoms with E-state index in [1.165, 1.54) is 54.9 Å². The molecule has 6 heteroatoms. The monoisotopic (exact) mass is 884 g/mol. The molecule has 0 aliphatic heterocycles. The molecule has 2 heterocycles. The fraction of sp³-hybridized carbons (Fsp3) is 0.0476. The minimum absolute atomic E-state index is 0.182. The van der Waals surface area contributed by atoms with Crippen LogP contribution < -0.4 is 0 Å². The highest BCUT2D eigenvalue weighted by Gasteiger charge is 2.36. The van der Waals surface area contributed by atoms with Crippen LogP contribution >= 0.6 is 0 Å². The average molecular weight is 885 g/mol. The van der Waals surface area contributed by atoms with Crippen LogP contribution in [0, 0.1) is 0 Å². The zero-order valence-electron chi connectivity index (χ0n) is 38.1. The first kappa shape index (κ1) is 40.3. The Balaban J connectivity index is 1.01. The van der Waals surface area contributed by atoms with Crippen molar-refractivity contribution in [1.29, 1.82) is 0 Å². The van der Waals surface area contributed by atoms with Crippen molar-refractivity contribution in [2.75, 3.05) is 0 Å². The van der Waals surface area contributed by atoms with Crippen molar-refractivity contribution < 1.29 is 0 Å². The Bertz CT molecular complexity index is 3820. The average Bonchev–Trinajstić information content (AvgIpc) is 4.12. The molecule has 0 bridgehead atoms. The third-order valence-corrected chi connectivity index (χ3v) is 14.0. The standard InChI is InChI=1S/C63H44N6/c1-63(2)55-30-18-17-27-49(55)52-39-53-54(40-56(52)63)58(42-35-37-48(38-36-42)69-60(44-21-9-4-10-22-44)65-66-61(69)45-23-11-5-12-24-45)51-29-16-15-28-50(51)57(53)41-31-33-46(34-32-41)62-67-64-59(43-19-7-3-8-20-43)68(62)47-25-13-6-14-26-47/h3-40H,1-2H3. The number of benzene rings is 10. The SMILES string of the molecule is CC1(C)c2ccccc2-c2cc3c(-c4ccc(-c5nnc(-c6ccccc6)n5-c5ccccc5)cc4)c4ccccc4c(-c4ccc(-n5c(-c6ccccc6)nnc5-c5ccccc5)cc4)c3cc21. The second kappa shape index (κ2) is 16.1. The van der Waals surface area contributed by atoms with Crippen LogP contribution in [0.5, 0.6) is 0 Å². The first-order valence-electron chi connectivity index (χ1n) is 23.5. The lowest BCUT2D eigenvalue weighted by atomic mass is 9.79. The maximum Gasteiger partial charge on any atom is 0.168 e. The molecule has 10 aromatic carbocycles. The summed E-state index contributed by atoms with van der Waals surface area (Å²) < 4.78 is 4.33. The van der Waals surface area contributed by atoms with E-state index in [-0.39, 0.29) is 5.41 Å². The maximum absolute atomic E-state index is 4.83. The fourth-order valence-corrected chi connectivity index (χ4v) is 10.7. The number of hydrogen-bond acceptors (Lipinski definition) is 4. The third kappa shape index (κ3) is 6.56. The van der Waals surface area contributed by atoms with E-state index in [4.69, 9.17) is 20.4 Å². The van der Waals surface area contributed by atoms with Crippen molar-refractivity contribution in [2.45, 2.75) is 19.3 Å². The second-order valence-electron chi connectivity index (χ2n) is 18.3. The Kier molecular flexibility index (Phi) is 9.41. The van der Waals surface area contributed by atoms with E-state index in [9.17, 15) is 0 Å². The molecule has 0 atom stereocenters. The summed E-state index contributed by atoms with van der Waals surface area (Å²) in [7, 11) is 0. The molecule has 326 valence electrons. The van der Waals surface area contributed by atoms with Crippen LogP contribution in [0.3, 0.4) is 0 Å². The largest absolute Gasteiger partial charge is 0.275 e. The van der Waals surface area contributed by atoms with E-state index in [0.29, 0.717) is 0 Å². The molecule has 0 N–H and O–H groups in total. The van der Waals surface area contributed by atoms with Gasteiger partial charge in [-0.3, -0.25) is 9.13 Å². The zero-order valence-corrected chi connectivity index (χ0v) is 38.1. The van der Waals surface area contributed by atoms with Gasteiger partial charge in [0.1, 0.15) is 0 Å². The zero-order chi connectivity index (χ0) is 46.1. The lowest BCUT2D eigenvalue weighted by Gasteiger charge is -2.24. The Labute approximate surface area is 400 Å². The molecule has 0 amide bonds. The van der Waals surface area contributed by atoms with Crippen LogP contribution in [0.4, 0.5) is 0 Å². The van der Waals surface area contributed by atoms with Gasteiger partial charge in [0.25, 0.3) is 0 Å². The number of hydrogen-bond donors (Lipinski definition) is 0. The van der Waals surface area contributed by atoms with Gasteiger partial charge < -0.3 is 0 Å². The van der Waals surface area contributed by atoms with Crippen LogP contribution in [0.1, 0.15) is 25.0 Å². The molecule has 6 nitrogen and oxygen atoms in total. The maximum atomic E-state index is 4.83. The summed E-state index contributed by atoms with van der Waals surface area (Å²) >= 11 is 0. The van der Waals surface area contributed by atoms with Gasteiger partial charge >= 0.3 is 0 Å². The lowest BCUT2D eigenvalue weighted by Crippen LogP contribution is -2.14. The van der Waals surface area contributed by atoms with Gasteiger partial charge in [-0.15, -0.1) is 20.4 Å². The van der Waals surface area contributed by atoms with Crippen molar-refractivity contribution in [3.05, 3.63) is 242 Å². The van der Waals surface area contributed by atoms with Gasteiger partial charge in [0.15, 0.2) is 23.3 Å². The van der Waals surface area contributed by atoms with E-state index in [2.05, 4.69) is 193 Å². The van der Waals surface area contributed by atoms with Crippen LogP contribution in [0.2, 0.25) is 0 Å². The smallest absolute Gasteiger partial charge is 0.168 e. The number of fused-ring (bicyclic) bond motifs is 5. The number of nitrogens with zero attached hydrogens (tertiary/aromatic N) is 6. The summed E-state index contributed by atoms with van der Waals surface area (Å²) in [6, 6.07) is 82.0. The Morgan fingerprint density at radius 3 is 1.14 bits per heavy atom. The normalized spacial score (nSPS) is 12.6. The fourth-order valence-electron chi connectivity index (χ4n) is 10.7. The van der Waals surface area contributed by atoms with Gasteiger partial charge in [0.2, 0.25) is 0 Å². The van der Waals surface area contributed by atoms with E-state index in [1.54, 1.807) is 0 Å². The quantitative estimate of drug-likeness (QED) is 0.143. The summed E-state index contributed by atoms with van der Waals surface area (Å²) in [6.07, 6.45) is 0. The number of para-hydroxylation sites is 1. The summed E-state index contributed by atoms with van der Waals surface area (Å²) in [5.74, 6) is 3.18. The summed E-state index contributed by atoms with van der Waals surface area (Å²) in [6.45, 7) is 4.73. The number of rotatable bonds is 8. The van der Waals surface area contributed by atoms with Gasteiger partial charge in [-0.05, 0) is 102 Å². The minimum Gasteiger partial charge on any atom is -0.275 e. The predicted molar refractivity (Wildman–Crippen MR) is 281 cm³/mol. The predicted octanol–water partition coefficient (Wildman–Crippen LogP) is 15.5. The Morgan fingerprint density at radius 1 is 0.290 bits per heavy atom. The lowest BCUT2D eigenvalue weighted by molar-refractivity contribution is 0.661. The van der Waals surface area contributed by atoms with Crippen molar-refractivity contribution in [1.82, 2.24) is 29.5 Å². The molecule has 0 unspecified atom stereocenters. The molecule has 0 fully saturated rings. The molecule has 69 heavy (non-hydrogen) atoms. The van der Waals surface area contributed by atoms with Gasteiger partial charge in [-0.2, -0.15) is 0 Å². The summed E-state index contributed by atoms with van der Waals surface area (Å²) in [5.41, 5.74) is 15.8. The van der Waals surface area contributed by atoms with Crippen molar-refractivity contribution in [3.63, 3.8) is 0 Å². The van der Waals surface area contributed by atoms with Gasteiger partial charge in [-0.1, -0.05) is 208 Å². The summed E-state index contributed by atoms with van der Waals surface area (Å²) in [5, 5.41) is 23.9. The highest BCUT2D eigenvalue weighted by atomic mass is 15.3. The molecular formula is C63H44N6. The molecule has 13 rings (SSSR count). The van der Waals surface area contributed by atoms with E-state index >= 15 is 0 Å². The second-order valence-corrected chi connectivity index (χ2v) is 18.3. The molecule has 1 aliphatic rings. The molecule has 0 saturated heterocycles. The molecule has 12 aromatic rings. The topological polar surface area (TPSA) is 61.4 Å². The molecule has 0 radical (unpaired) electrons. The van der Waals surface area contributed by atoms with E-state index in [0.717, 1.165) is 68.1 Å². The molecule has 0 spiro atoms. The van der Waals surface area contributed by atoms with E-state index < -0.39 is 0 Å². The van der Waals surface area contributed by atoms with Crippen molar-refractivity contribution in [3.8, 4) is 90.3 Å². The van der Waals surface area contributed by atoms with Crippen LogP contribution in [-0.2, 0) is 5.41 Å². The van der Waals surface area contributed by atoms with Crippen LogP contribution in [0.15, 0.2) is 231 Å². The van der Waals surface area contributed by atoms with E-state index in [1.807, 2.05) is 60.7 Å². The highest BCUT2D eigenvalue weighted by molar-refractivity contribution is 6.22. The van der Waals surface area contributed by atoms with Crippen LogP contribution in [-0.4, -0.2) is 29.5 Å². The van der Waals surface area contributed by atoms with Gasteiger partial charge in [-0.25, -0.2) is 0 Å². The van der Waals surface area contributed by atoms with Crippen molar-refractivity contribution >= 4 is 21.5 Å². The van der Waals surface area contributed by atoms with Crippen LogP contribution in [0.25, 0.3) is 112 Å². The van der Waals surface area contributed by atoms with Gasteiger partial charge in [0.05, 0.1) is 0 Å². The first-order chi connectivity index (χ1) is 34.0. The summed E-state index contributed by atoms with van der Waals surface area (Å²) in [4.78, 5) is 0. The molecule has 2 aromatic heterocycles. The first-order valence-corrected chi connectivity index (χ1v) is 23.5. The van der Waals surface area contributed by atoms with Crippen molar-refractivity contribution in [2.24, 2.45) is 0 Å².